The summed E-state index contributed by atoms with van der Waals surface area (Å²) in [5.41, 5.74) is 2.09. The molecule has 1 fully saturated rings. The van der Waals surface area contributed by atoms with Gasteiger partial charge in [-0.2, -0.15) is 0 Å². The molecule has 6 heteroatoms. The van der Waals surface area contributed by atoms with Crippen molar-refractivity contribution < 1.29 is 13.9 Å². The van der Waals surface area contributed by atoms with E-state index in [1.165, 1.54) is 7.11 Å². The second-order valence-electron chi connectivity index (χ2n) is 6.32. The highest BCUT2D eigenvalue weighted by atomic mass is 16.5. The predicted molar refractivity (Wildman–Crippen MR) is 89.2 cm³/mol. The van der Waals surface area contributed by atoms with Gasteiger partial charge in [0.05, 0.1) is 19.1 Å². The van der Waals surface area contributed by atoms with E-state index in [0.29, 0.717) is 11.8 Å². The number of carbonyl (C=O) groups excluding carboxylic acids is 1. The van der Waals surface area contributed by atoms with E-state index in [1.54, 1.807) is 0 Å². The maximum atomic E-state index is 11.6. The van der Waals surface area contributed by atoms with Crippen molar-refractivity contribution in [3.05, 3.63) is 35.7 Å². The molecule has 2 aromatic rings. The van der Waals surface area contributed by atoms with Gasteiger partial charge < -0.3 is 9.15 Å². The highest BCUT2D eigenvalue weighted by molar-refractivity contribution is 5.72. The fourth-order valence-electron chi connectivity index (χ4n) is 3.14. The molecule has 1 atom stereocenters. The number of esters is 1. The van der Waals surface area contributed by atoms with E-state index in [9.17, 15) is 4.79 Å². The van der Waals surface area contributed by atoms with Gasteiger partial charge in [-0.15, -0.1) is 10.2 Å². The summed E-state index contributed by atoms with van der Waals surface area (Å²) in [7, 11) is 1.45. The molecule has 0 unspecified atom stereocenters. The van der Waals surface area contributed by atoms with E-state index >= 15 is 0 Å². The Morgan fingerprint density at radius 2 is 2.08 bits per heavy atom. The van der Waals surface area contributed by atoms with Gasteiger partial charge in [0.25, 0.3) is 0 Å². The Balaban J connectivity index is 1.66. The minimum Gasteiger partial charge on any atom is -0.469 e. The van der Waals surface area contributed by atoms with Gasteiger partial charge in [-0.3, -0.25) is 9.69 Å². The predicted octanol–water partition coefficient (Wildman–Crippen LogP) is 2.99. The first kappa shape index (κ1) is 16.6. The summed E-state index contributed by atoms with van der Waals surface area (Å²) >= 11 is 0. The average Bonchev–Trinajstić information content (AvgIpc) is 3.10. The van der Waals surface area contributed by atoms with Crippen LogP contribution in [0.1, 0.15) is 37.3 Å². The lowest BCUT2D eigenvalue weighted by Crippen LogP contribution is -2.38. The molecule has 1 aliphatic heterocycles. The zero-order valence-corrected chi connectivity index (χ0v) is 14.4. The maximum absolute atomic E-state index is 11.6. The second kappa shape index (κ2) is 7.13. The molecule has 128 valence electrons. The second-order valence-corrected chi connectivity index (χ2v) is 6.32. The lowest BCUT2D eigenvalue weighted by Gasteiger charge is -2.33. The van der Waals surface area contributed by atoms with Crippen LogP contribution in [0, 0.1) is 12.8 Å². The van der Waals surface area contributed by atoms with Gasteiger partial charge in [0.1, 0.15) is 0 Å². The summed E-state index contributed by atoms with van der Waals surface area (Å²) in [6.45, 7) is 5.74. The number of rotatable bonds is 4. The summed E-state index contributed by atoms with van der Waals surface area (Å²) in [5.74, 6) is 1.05. The molecule has 0 saturated carbocycles. The van der Waals surface area contributed by atoms with Crippen LogP contribution in [0.2, 0.25) is 0 Å². The van der Waals surface area contributed by atoms with Crippen LogP contribution in [0.25, 0.3) is 11.5 Å². The van der Waals surface area contributed by atoms with Crippen LogP contribution in [0.3, 0.4) is 0 Å². The molecule has 1 aromatic carbocycles. The van der Waals surface area contributed by atoms with Gasteiger partial charge in [0.15, 0.2) is 0 Å². The summed E-state index contributed by atoms with van der Waals surface area (Å²) < 4.78 is 10.7. The highest BCUT2D eigenvalue weighted by Crippen LogP contribution is 2.28. The monoisotopic (exact) mass is 329 g/mol. The van der Waals surface area contributed by atoms with Gasteiger partial charge in [0.2, 0.25) is 11.8 Å². The van der Waals surface area contributed by atoms with Crippen LogP contribution >= 0.6 is 0 Å². The fraction of sp³-hybridized carbons (Fsp3) is 0.500. The van der Waals surface area contributed by atoms with E-state index in [0.717, 1.165) is 37.1 Å². The molecule has 1 aromatic heterocycles. The Kier molecular flexibility index (Phi) is 4.94. The van der Waals surface area contributed by atoms with Crippen molar-refractivity contribution >= 4 is 5.97 Å². The summed E-state index contributed by atoms with van der Waals surface area (Å²) in [6, 6.07) is 8.06. The van der Waals surface area contributed by atoms with E-state index in [2.05, 4.69) is 22.0 Å². The summed E-state index contributed by atoms with van der Waals surface area (Å²) in [5, 5.41) is 8.40. The number of aromatic nitrogens is 2. The normalized spacial score (nSPS) is 17.6. The largest absolute Gasteiger partial charge is 0.469 e. The number of methoxy groups -OCH3 is 1. The Hall–Kier alpha value is -2.21. The Labute approximate surface area is 141 Å². The fourth-order valence-corrected chi connectivity index (χ4v) is 3.14. The minimum atomic E-state index is -0.109. The van der Waals surface area contributed by atoms with E-state index in [1.807, 2.05) is 31.2 Å². The van der Waals surface area contributed by atoms with Crippen molar-refractivity contribution in [1.82, 2.24) is 15.1 Å². The van der Waals surface area contributed by atoms with Gasteiger partial charge in [-0.25, -0.2) is 0 Å². The van der Waals surface area contributed by atoms with Crippen LogP contribution in [0.5, 0.6) is 0 Å². The first-order valence-corrected chi connectivity index (χ1v) is 8.31. The smallest absolute Gasteiger partial charge is 0.308 e. The average molecular weight is 329 g/mol. The third kappa shape index (κ3) is 3.48. The number of nitrogens with zero attached hydrogens (tertiary/aromatic N) is 3. The molecule has 1 aliphatic rings. The SMILES string of the molecule is COC(=O)C1CCN([C@H](C)c2nnc(-c3cccc(C)c3)o2)CC1. The molecular formula is C18H23N3O3. The molecule has 0 aliphatic carbocycles. The van der Waals surface area contributed by atoms with Crippen LogP contribution in [-0.2, 0) is 9.53 Å². The summed E-state index contributed by atoms with van der Waals surface area (Å²) in [6.07, 6.45) is 1.60. The van der Waals surface area contributed by atoms with Crippen LogP contribution in [-0.4, -0.2) is 41.3 Å². The molecule has 0 radical (unpaired) electrons. The van der Waals surface area contributed by atoms with Gasteiger partial charge in [0, 0.05) is 5.56 Å². The van der Waals surface area contributed by atoms with Crippen LogP contribution < -0.4 is 0 Å². The lowest BCUT2D eigenvalue weighted by molar-refractivity contribution is -0.147. The van der Waals surface area contributed by atoms with Crippen LogP contribution in [0.15, 0.2) is 28.7 Å². The number of aryl methyl sites for hydroxylation is 1. The number of piperidine rings is 1. The van der Waals surface area contributed by atoms with E-state index in [4.69, 9.17) is 9.15 Å². The first-order valence-electron chi connectivity index (χ1n) is 8.31. The van der Waals surface area contributed by atoms with Crippen molar-refractivity contribution in [3.63, 3.8) is 0 Å². The molecular weight excluding hydrogens is 306 g/mol. The van der Waals surface area contributed by atoms with Crippen LogP contribution in [0.4, 0.5) is 0 Å². The molecule has 6 nitrogen and oxygen atoms in total. The van der Waals surface area contributed by atoms with Crippen molar-refractivity contribution in [1.29, 1.82) is 0 Å². The topological polar surface area (TPSA) is 68.5 Å². The molecule has 0 spiro atoms. The quantitative estimate of drug-likeness (QED) is 0.803. The van der Waals surface area contributed by atoms with Gasteiger partial charge >= 0.3 is 5.97 Å². The van der Waals surface area contributed by atoms with E-state index in [-0.39, 0.29) is 17.9 Å². The van der Waals surface area contributed by atoms with E-state index < -0.39 is 0 Å². The minimum absolute atomic E-state index is 0.00369. The zero-order chi connectivity index (χ0) is 17.1. The van der Waals surface area contributed by atoms with Crippen molar-refractivity contribution in [2.24, 2.45) is 5.92 Å². The third-order valence-electron chi connectivity index (χ3n) is 4.67. The number of likely N-dealkylation sites (tertiary alicyclic amines) is 1. The third-order valence-corrected chi connectivity index (χ3v) is 4.67. The Bertz CT molecular complexity index is 705. The molecule has 2 heterocycles. The zero-order valence-electron chi connectivity index (χ0n) is 14.4. The molecule has 3 rings (SSSR count). The van der Waals surface area contributed by atoms with Crippen molar-refractivity contribution in [2.75, 3.05) is 20.2 Å². The molecule has 24 heavy (non-hydrogen) atoms. The van der Waals surface area contributed by atoms with Gasteiger partial charge in [-0.05, 0) is 51.9 Å². The standard InChI is InChI=1S/C18H23N3O3/c1-12-5-4-6-15(11-12)17-20-19-16(24-17)13(2)21-9-7-14(8-10-21)18(22)23-3/h4-6,11,13-14H,7-10H2,1-3H3/t13-/m1/s1. The lowest BCUT2D eigenvalue weighted by atomic mass is 9.96. The molecule has 1 saturated heterocycles. The summed E-state index contributed by atoms with van der Waals surface area (Å²) in [4.78, 5) is 13.9. The Morgan fingerprint density at radius 1 is 1.33 bits per heavy atom. The number of ether oxygens (including phenoxy) is 1. The molecule has 0 N–H and O–H groups in total. The highest BCUT2D eigenvalue weighted by Gasteiger charge is 2.30. The molecule has 0 amide bonds. The van der Waals surface area contributed by atoms with Crippen molar-refractivity contribution in [2.45, 2.75) is 32.7 Å². The van der Waals surface area contributed by atoms with Gasteiger partial charge in [-0.1, -0.05) is 17.7 Å². The number of hydrogen-bond acceptors (Lipinski definition) is 6. The number of benzene rings is 1. The first-order chi connectivity index (χ1) is 11.6. The number of hydrogen-bond donors (Lipinski definition) is 0. The Morgan fingerprint density at radius 3 is 2.75 bits per heavy atom. The number of carbonyl (C=O) groups is 1. The molecule has 0 bridgehead atoms. The van der Waals surface area contributed by atoms with Crippen molar-refractivity contribution in [3.8, 4) is 11.5 Å². The maximum Gasteiger partial charge on any atom is 0.308 e.